The number of nitrogens with zero attached hydrogens (tertiary/aromatic N) is 4. The molecule has 1 heterocycles. The quantitative estimate of drug-likeness (QED) is 0.864. The topological polar surface area (TPSA) is 53.9 Å². The fourth-order valence-corrected chi connectivity index (χ4v) is 2.09. The Morgan fingerprint density at radius 1 is 1.29 bits per heavy atom. The SMILES string of the molecule is CCCCN(C)c1cnnc(Nc2cc(Cl)ccc2Cl)n1. The lowest BCUT2D eigenvalue weighted by atomic mass is 10.3. The van der Waals surface area contributed by atoms with Gasteiger partial charge in [-0.05, 0) is 24.6 Å². The number of benzene rings is 1. The van der Waals surface area contributed by atoms with Crippen LogP contribution in [0.2, 0.25) is 10.0 Å². The molecular weight excluding hydrogens is 309 g/mol. The van der Waals surface area contributed by atoms with Crippen molar-refractivity contribution in [2.45, 2.75) is 19.8 Å². The van der Waals surface area contributed by atoms with Crippen LogP contribution in [0.5, 0.6) is 0 Å². The summed E-state index contributed by atoms with van der Waals surface area (Å²) in [5.41, 5.74) is 0.652. The van der Waals surface area contributed by atoms with Crippen LogP contribution < -0.4 is 10.2 Å². The van der Waals surface area contributed by atoms with Crippen molar-refractivity contribution in [1.29, 1.82) is 0 Å². The number of anilines is 3. The van der Waals surface area contributed by atoms with E-state index in [-0.39, 0.29) is 0 Å². The minimum atomic E-state index is 0.389. The van der Waals surface area contributed by atoms with Crippen molar-refractivity contribution in [3.8, 4) is 0 Å². The summed E-state index contributed by atoms with van der Waals surface area (Å²) >= 11 is 12.1. The van der Waals surface area contributed by atoms with E-state index in [1.807, 2.05) is 11.9 Å². The van der Waals surface area contributed by atoms with E-state index in [9.17, 15) is 0 Å². The molecule has 0 aliphatic carbocycles. The number of unbranched alkanes of at least 4 members (excludes halogenated alkanes) is 1. The number of hydrogen-bond acceptors (Lipinski definition) is 5. The van der Waals surface area contributed by atoms with Gasteiger partial charge in [0.05, 0.1) is 16.9 Å². The second kappa shape index (κ2) is 7.43. The van der Waals surface area contributed by atoms with Crippen molar-refractivity contribution in [1.82, 2.24) is 15.2 Å². The van der Waals surface area contributed by atoms with Crippen LogP contribution in [-0.2, 0) is 0 Å². The van der Waals surface area contributed by atoms with Gasteiger partial charge in [-0.15, -0.1) is 5.10 Å². The highest BCUT2D eigenvalue weighted by atomic mass is 35.5. The molecule has 21 heavy (non-hydrogen) atoms. The number of hydrogen-bond donors (Lipinski definition) is 1. The average Bonchev–Trinajstić information content (AvgIpc) is 2.49. The van der Waals surface area contributed by atoms with E-state index < -0.39 is 0 Å². The average molecular weight is 326 g/mol. The van der Waals surface area contributed by atoms with Gasteiger partial charge in [0.1, 0.15) is 0 Å². The molecule has 0 fully saturated rings. The van der Waals surface area contributed by atoms with Gasteiger partial charge in [-0.2, -0.15) is 10.1 Å². The lowest BCUT2D eigenvalue weighted by molar-refractivity contribution is 0.754. The zero-order valence-electron chi connectivity index (χ0n) is 12.0. The van der Waals surface area contributed by atoms with Crippen LogP contribution in [0.1, 0.15) is 19.8 Å². The van der Waals surface area contributed by atoms with Gasteiger partial charge in [-0.3, -0.25) is 0 Å². The third-order valence-corrected chi connectivity index (χ3v) is 3.52. The maximum atomic E-state index is 6.11. The molecule has 0 saturated heterocycles. The minimum absolute atomic E-state index is 0.389. The van der Waals surface area contributed by atoms with Crippen molar-refractivity contribution >= 4 is 40.7 Å². The van der Waals surface area contributed by atoms with Crippen molar-refractivity contribution in [3.63, 3.8) is 0 Å². The third-order valence-electron chi connectivity index (χ3n) is 2.96. The highest BCUT2D eigenvalue weighted by Crippen LogP contribution is 2.27. The van der Waals surface area contributed by atoms with Gasteiger partial charge >= 0.3 is 0 Å². The number of halogens is 2. The summed E-state index contributed by atoms with van der Waals surface area (Å²) in [7, 11) is 1.98. The molecule has 0 unspecified atom stereocenters. The number of rotatable bonds is 6. The summed E-state index contributed by atoms with van der Waals surface area (Å²) < 4.78 is 0. The zero-order chi connectivity index (χ0) is 15.2. The molecule has 0 aliphatic rings. The molecule has 0 aliphatic heterocycles. The summed E-state index contributed by atoms with van der Waals surface area (Å²) in [6, 6.07) is 5.17. The Kier molecular flexibility index (Phi) is 5.59. The first-order valence-electron chi connectivity index (χ1n) is 6.73. The first-order valence-corrected chi connectivity index (χ1v) is 7.48. The summed E-state index contributed by atoms with van der Waals surface area (Å²) in [5, 5.41) is 12.1. The number of nitrogens with one attached hydrogen (secondary N) is 1. The summed E-state index contributed by atoms with van der Waals surface area (Å²) in [4.78, 5) is 6.48. The van der Waals surface area contributed by atoms with E-state index in [4.69, 9.17) is 23.2 Å². The van der Waals surface area contributed by atoms with Crippen LogP contribution in [0, 0.1) is 0 Å². The molecule has 0 saturated carbocycles. The van der Waals surface area contributed by atoms with E-state index in [1.54, 1.807) is 24.4 Å². The maximum Gasteiger partial charge on any atom is 0.249 e. The molecule has 0 bridgehead atoms. The first-order chi connectivity index (χ1) is 10.1. The molecule has 0 spiro atoms. The van der Waals surface area contributed by atoms with Crippen molar-refractivity contribution < 1.29 is 0 Å². The number of aromatic nitrogens is 3. The van der Waals surface area contributed by atoms with E-state index in [1.165, 1.54) is 0 Å². The van der Waals surface area contributed by atoms with Crippen LogP contribution in [0.4, 0.5) is 17.5 Å². The van der Waals surface area contributed by atoms with Gasteiger partial charge in [-0.1, -0.05) is 36.5 Å². The normalized spacial score (nSPS) is 10.5. The maximum absolute atomic E-state index is 6.11. The van der Waals surface area contributed by atoms with Gasteiger partial charge in [0, 0.05) is 18.6 Å². The molecule has 0 amide bonds. The molecule has 1 aromatic heterocycles. The van der Waals surface area contributed by atoms with E-state index in [0.717, 1.165) is 25.2 Å². The highest BCUT2D eigenvalue weighted by molar-refractivity contribution is 6.35. The molecule has 1 aromatic carbocycles. The first kappa shape index (κ1) is 15.8. The summed E-state index contributed by atoms with van der Waals surface area (Å²) in [6.07, 6.45) is 3.87. The monoisotopic (exact) mass is 325 g/mol. The van der Waals surface area contributed by atoms with E-state index >= 15 is 0 Å². The standard InChI is InChI=1S/C14H17Cl2N5/c1-3-4-7-21(2)13-9-17-20-14(19-13)18-12-8-10(15)5-6-11(12)16/h5-6,8-9H,3-4,7H2,1-2H3,(H,18,19,20). The van der Waals surface area contributed by atoms with Crippen LogP contribution in [-0.4, -0.2) is 28.8 Å². The van der Waals surface area contributed by atoms with E-state index in [0.29, 0.717) is 21.7 Å². The summed E-state index contributed by atoms with van der Waals surface area (Å²) in [6.45, 7) is 3.08. The van der Waals surface area contributed by atoms with Gasteiger partial charge in [0.2, 0.25) is 5.95 Å². The van der Waals surface area contributed by atoms with Gasteiger partial charge < -0.3 is 10.2 Å². The Labute approximate surface area is 134 Å². The third kappa shape index (κ3) is 4.44. The Balaban J connectivity index is 2.15. The van der Waals surface area contributed by atoms with Gasteiger partial charge in [-0.25, -0.2) is 0 Å². The molecular formula is C14H17Cl2N5. The smallest absolute Gasteiger partial charge is 0.249 e. The van der Waals surface area contributed by atoms with Gasteiger partial charge in [0.25, 0.3) is 0 Å². The molecule has 7 heteroatoms. The molecule has 1 N–H and O–H groups in total. The summed E-state index contributed by atoms with van der Waals surface area (Å²) in [5.74, 6) is 1.15. The molecule has 2 rings (SSSR count). The Hall–Kier alpha value is -1.59. The molecule has 2 aromatic rings. The largest absolute Gasteiger partial charge is 0.358 e. The van der Waals surface area contributed by atoms with Gasteiger partial charge in [0.15, 0.2) is 5.82 Å². The Morgan fingerprint density at radius 3 is 2.86 bits per heavy atom. The van der Waals surface area contributed by atoms with Crippen molar-refractivity contribution in [3.05, 3.63) is 34.4 Å². The lowest BCUT2D eigenvalue weighted by Gasteiger charge is -2.17. The van der Waals surface area contributed by atoms with E-state index in [2.05, 4.69) is 27.4 Å². The lowest BCUT2D eigenvalue weighted by Crippen LogP contribution is -2.20. The Bertz CT molecular complexity index is 606. The fourth-order valence-electron chi connectivity index (χ4n) is 1.76. The minimum Gasteiger partial charge on any atom is -0.358 e. The molecule has 0 atom stereocenters. The molecule has 0 radical (unpaired) electrons. The van der Waals surface area contributed by atoms with Crippen molar-refractivity contribution in [2.75, 3.05) is 23.8 Å². The fraction of sp³-hybridized carbons (Fsp3) is 0.357. The predicted molar refractivity (Wildman–Crippen MR) is 87.7 cm³/mol. The molecule has 5 nitrogen and oxygen atoms in total. The van der Waals surface area contributed by atoms with Crippen LogP contribution in [0.3, 0.4) is 0 Å². The van der Waals surface area contributed by atoms with Crippen LogP contribution in [0.15, 0.2) is 24.4 Å². The highest BCUT2D eigenvalue weighted by Gasteiger charge is 2.08. The second-order valence-electron chi connectivity index (χ2n) is 4.66. The zero-order valence-corrected chi connectivity index (χ0v) is 13.5. The van der Waals surface area contributed by atoms with Crippen LogP contribution >= 0.6 is 23.2 Å². The predicted octanol–water partition coefficient (Wildman–Crippen LogP) is 4.16. The second-order valence-corrected chi connectivity index (χ2v) is 5.51. The Morgan fingerprint density at radius 2 is 2.10 bits per heavy atom. The molecule has 112 valence electrons. The van der Waals surface area contributed by atoms with Crippen molar-refractivity contribution in [2.24, 2.45) is 0 Å². The van der Waals surface area contributed by atoms with Crippen LogP contribution in [0.25, 0.3) is 0 Å².